The van der Waals surface area contributed by atoms with Gasteiger partial charge in [0.05, 0.1) is 7.11 Å². The third-order valence-electron chi connectivity index (χ3n) is 2.59. The minimum absolute atomic E-state index is 0.0676. The number of amides is 1. The Kier molecular flexibility index (Phi) is 5.69. The molecule has 0 heterocycles. The molecule has 1 amide bonds. The fraction of sp³-hybridized carbons (Fsp3) is 0.385. The van der Waals surface area contributed by atoms with Crippen molar-refractivity contribution in [2.24, 2.45) is 0 Å². The summed E-state index contributed by atoms with van der Waals surface area (Å²) in [5.41, 5.74) is 0.595. The second-order valence-electron chi connectivity index (χ2n) is 4.02. The quantitative estimate of drug-likeness (QED) is 0.838. The van der Waals surface area contributed by atoms with Gasteiger partial charge in [0.15, 0.2) is 0 Å². The number of carbonyl (C=O) groups excluding carboxylic acids is 1. The summed E-state index contributed by atoms with van der Waals surface area (Å²) in [6.07, 6.45) is 2.35. The van der Waals surface area contributed by atoms with Crippen LogP contribution in [0.25, 0.3) is 0 Å². The van der Waals surface area contributed by atoms with Gasteiger partial charge in [-0.3, -0.25) is 4.79 Å². The van der Waals surface area contributed by atoms with Crippen LogP contribution in [0.4, 0.5) is 5.69 Å². The Balaban J connectivity index is 2.80. The van der Waals surface area contributed by atoms with Gasteiger partial charge in [-0.2, -0.15) is 11.8 Å². The molecule has 0 saturated heterocycles. The van der Waals surface area contributed by atoms with E-state index in [1.54, 1.807) is 17.8 Å². The Morgan fingerprint density at radius 1 is 1.47 bits per heavy atom. The summed E-state index contributed by atoms with van der Waals surface area (Å²) >= 11 is 1.61. The molecule has 6 heteroatoms. The number of benzene rings is 1. The zero-order valence-corrected chi connectivity index (χ0v) is 11.9. The molecular formula is C13H17NO4S. The first-order valence-electron chi connectivity index (χ1n) is 5.72. The van der Waals surface area contributed by atoms with E-state index in [0.717, 1.165) is 0 Å². The number of rotatable bonds is 6. The zero-order chi connectivity index (χ0) is 14.4. The zero-order valence-electron chi connectivity index (χ0n) is 11.1. The van der Waals surface area contributed by atoms with Gasteiger partial charge in [0.1, 0.15) is 11.3 Å². The van der Waals surface area contributed by atoms with Crippen molar-refractivity contribution in [3.8, 4) is 5.75 Å². The Hall–Kier alpha value is -1.69. The molecule has 1 atom stereocenters. The SMILES string of the molecule is COc1cc(NC(=O)CC(C)SC)ccc1C(=O)O. The monoisotopic (exact) mass is 283 g/mol. The predicted octanol–water partition coefficient (Wildman–Crippen LogP) is 2.47. The molecule has 104 valence electrons. The number of ether oxygens (including phenoxy) is 1. The summed E-state index contributed by atoms with van der Waals surface area (Å²) in [5, 5.41) is 11.9. The van der Waals surface area contributed by atoms with Crippen molar-refractivity contribution in [1.29, 1.82) is 0 Å². The maximum absolute atomic E-state index is 11.7. The number of aromatic carboxylic acids is 1. The van der Waals surface area contributed by atoms with Gasteiger partial charge in [-0.25, -0.2) is 4.79 Å². The van der Waals surface area contributed by atoms with Crippen LogP contribution in [0.3, 0.4) is 0 Å². The lowest BCUT2D eigenvalue weighted by atomic mass is 10.1. The van der Waals surface area contributed by atoms with E-state index in [1.807, 2.05) is 13.2 Å². The van der Waals surface area contributed by atoms with E-state index in [1.165, 1.54) is 19.2 Å². The van der Waals surface area contributed by atoms with Crippen molar-refractivity contribution >= 4 is 29.3 Å². The maximum Gasteiger partial charge on any atom is 0.339 e. The lowest BCUT2D eigenvalue weighted by Gasteiger charge is -2.11. The summed E-state index contributed by atoms with van der Waals surface area (Å²) in [5.74, 6) is -0.944. The molecule has 0 saturated carbocycles. The number of hydrogen-bond acceptors (Lipinski definition) is 4. The van der Waals surface area contributed by atoms with E-state index in [4.69, 9.17) is 9.84 Å². The van der Waals surface area contributed by atoms with E-state index in [0.29, 0.717) is 12.1 Å². The highest BCUT2D eigenvalue weighted by molar-refractivity contribution is 7.99. The van der Waals surface area contributed by atoms with Crippen LogP contribution >= 0.6 is 11.8 Å². The largest absolute Gasteiger partial charge is 0.496 e. The van der Waals surface area contributed by atoms with E-state index in [-0.39, 0.29) is 22.5 Å². The fourth-order valence-corrected chi connectivity index (χ4v) is 1.82. The number of carboxylic acids is 1. The van der Waals surface area contributed by atoms with Gasteiger partial charge >= 0.3 is 5.97 Å². The summed E-state index contributed by atoms with van der Waals surface area (Å²) in [4.78, 5) is 22.6. The lowest BCUT2D eigenvalue weighted by Crippen LogP contribution is -2.16. The summed E-state index contributed by atoms with van der Waals surface area (Å²) in [7, 11) is 1.39. The molecule has 1 rings (SSSR count). The lowest BCUT2D eigenvalue weighted by molar-refractivity contribution is -0.116. The van der Waals surface area contributed by atoms with Gasteiger partial charge in [0.25, 0.3) is 0 Å². The van der Waals surface area contributed by atoms with E-state index in [9.17, 15) is 9.59 Å². The van der Waals surface area contributed by atoms with Crippen molar-refractivity contribution < 1.29 is 19.4 Å². The van der Waals surface area contributed by atoms with Crippen LogP contribution < -0.4 is 10.1 Å². The minimum atomic E-state index is -1.06. The number of carbonyl (C=O) groups is 2. The molecule has 1 unspecified atom stereocenters. The number of carboxylic acid groups (broad SMARTS) is 1. The van der Waals surface area contributed by atoms with Gasteiger partial charge < -0.3 is 15.2 Å². The molecular weight excluding hydrogens is 266 g/mol. The van der Waals surface area contributed by atoms with Gasteiger partial charge in [0, 0.05) is 23.4 Å². The first kappa shape index (κ1) is 15.4. The van der Waals surface area contributed by atoms with E-state index >= 15 is 0 Å². The number of anilines is 1. The van der Waals surface area contributed by atoms with Gasteiger partial charge in [-0.05, 0) is 18.4 Å². The fourth-order valence-electron chi connectivity index (χ4n) is 1.50. The highest BCUT2D eigenvalue weighted by Crippen LogP contribution is 2.23. The molecule has 0 aliphatic carbocycles. The molecule has 2 N–H and O–H groups in total. The Labute approximate surface area is 116 Å². The third kappa shape index (κ3) is 4.48. The van der Waals surface area contributed by atoms with Crippen LogP contribution in [-0.2, 0) is 4.79 Å². The van der Waals surface area contributed by atoms with Gasteiger partial charge in [-0.15, -0.1) is 0 Å². The molecule has 1 aromatic rings. The van der Waals surface area contributed by atoms with Crippen molar-refractivity contribution in [3.05, 3.63) is 23.8 Å². The van der Waals surface area contributed by atoms with Crippen molar-refractivity contribution in [3.63, 3.8) is 0 Å². The molecule has 5 nitrogen and oxygen atoms in total. The van der Waals surface area contributed by atoms with Gasteiger partial charge in [0.2, 0.25) is 5.91 Å². The minimum Gasteiger partial charge on any atom is -0.496 e. The van der Waals surface area contributed by atoms with Crippen LogP contribution in [-0.4, -0.2) is 35.6 Å². The molecule has 0 aliphatic heterocycles. The Morgan fingerprint density at radius 2 is 2.16 bits per heavy atom. The average molecular weight is 283 g/mol. The second kappa shape index (κ2) is 7.04. The second-order valence-corrected chi connectivity index (χ2v) is 5.29. The molecule has 0 aliphatic rings. The van der Waals surface area contributed by atoms with Crippen LogP contribution in [0.5, 0.6) is 5.75 Å². The number of thioether (sulfide) groups is 1. The molecule has 0 radical (unpaired) electrons. The van der Waals surface area contributed by atoms with Crippen LogP contribution in [0.2, 0.25) is 0 Å². The van der Waals surface area contributed by atoms with Crippen molar-refractivity contribution in [2.75, 3.05) is 18.7 Å². The molecule has 0 bridgehead atoms. The highest BCUT2D eigenvalue weighted by Gasteiger charge is 2.13. The molecule has 0 spiro atoms. The number of nitrogens with one attached hydrogen (secondary N) is 1. The van der Waals surface area contributed by atoms with Gasteiger partial charge in [-0.1, -0.05) is 6.92 Å². The molecule has 0 aromatic heterocycles. The summed E-state index contributed by atoms with van der Waals surface area (Å²) < 4.78 is 4.99. The maximum atomic E-state index is 11.7. The molecule has 19 heavy (non-hydrogen) atoms. The van der Waals surface area contributed by atoms with Crippen LogP contribution in [0.15, 0.2) is 18.2 Å². The third-order valence-corrected chi connectivity index (χ3v) is 3.56. The van der Waals surface area contributed by atoms with E-state index in [2.05, 4.69) is 5.32 Å². The summed E-state index contributed by atoms with van der Waals surface area (Å²) in [6.45, 7) is 1.97. The standard InChI is InChI=1S/C13H17NO4S/c1-8(19-3)6-12(15)14-9-4-5-10(13(16)17)11(7-9)18-2/h4-5,7-8H,6H2,1-3H3,(H,14,15)(H,16,17). The van der Waals surface area contributed by atoms with Crippen LogP contribution in [0.1, 0.15) is 23.7 Å². The van der Waals surface area contributed by atoms with Crippen molar-refractivity contribution in [2.45, 2.75) is 18.6 Å². The molecule has 1 aromatic carbocycles. The molecule has 0 fully saturated rings. The number of methoxy groups -OCH3 is 1. The van der Waals surface area contributed by atoms with E-state index < -0.39 is 5.97 Å². The topological polar surface area (TPSA) is 75.6 Å². The Bertz CT molecular complexity index is 476. The normalized spacial score (nSPS) is 11.7. The first-order chi connectivity index (χ1) is 8.97. The highest BCUT2D eigenvalue weighted by atomic mass is 32.2. The average Bonchev–Trinajstić information content (AvgIpc) is 2.37. The van der Waals surface area contributed by atoms with Crippen LogP contribution in [0, 0.1) is 0 Å². The Morgan fingerprint density at radius 3 is 2.68 bits per heavy atom. The number of hydrogen-bond donors (Lipinski definition) is 2. The summed E-state index contributed by atoms with van der Waals surface area (Å²) in [6, 6.07) is 4.47. The smallest absolute Gasteiger partial charge is 0.339 e. The first-order valence-corrected chi connectivity index (χ1v) is 7.00. The van der Waals surface area contributed by atoms with Crippen molar-refractivity contribution in [1.82, 2.24) is 0 Å². The predicted molar refractivity (Wildman–Crippen MR) is 76.2 cm³/mol.